The first-order chi connectivity index (χ1) is 35.2. The minimum absolute atomic E-state index is 0.00961. The fourth-order valence-corrected chi connectivity index (χ4v) is 11.9. The molecule has 0 spiro atoms. The number of carbonyl (C=O) groups is 3. The van der Waals surface area contributed by atoms with Crippen molar-refractivity contribution in [2.24, 2.45) is 5.41 Å². The minimum Gasteiger partial charge on any atom is -0.507 e. The Morgan fingerprint density at radius 2 is 1.53 bits per heavy atom. The Balaban J connectivity index is 0.699. The van der Waals surface area contributed by atoms with Crippen LogP contribution in [0.1, 0.15) is 81.2 Å². The van der Waals surface area contributed by atoms with Crippen LogP contribution in [0.3, 0.4) is 0 Å². The molecular formula is C55H64N12O5S. The van der Waals surface area contributed by atoms with E-state index in [2.05, 4.69) is 52.6 Å². The molecular weight excluding hydrogens is 941 g/mol. The lowest BCUT2D eigenvalue weighted by Gasteiger charge is -2.42. The summed E-state index contributed by atoms with van der Waals surface area (Å²) in [6, 6.07) is 23.7. The number of rotatable bonds is 13. The number of aryl methyl sites for hydroxylation is 1. The van der Waals surface area contributed by atoms with E-state index in [-0.39, 0.29) is 55.6 Å². The highest BCUT2D eigenvalue weighted by atomic mass is 32.1. The number of aliphatic hydroxyl groups excluding tert-OH is 1. The maximum absolute atomic E-state index is 14.2. The van der Waals surface area contributed by atoms with E-state index in [0.717, 1.165) is 102 Å². The Kier molecular flexibility index (Phi) is 14.0. The Bertz CT molecular complexity index is 2920. The quantitative estimate of drug-likeness (QED) is 0.0865. The monoisotopic (exact) mass is 1000 g/mol. The predicted octanol–water partition coefficient (Wildman–Crippen LogP) is 6.25. The van der Waals surface area contributed by atoms with Gasteiger partial charge in [-0.1, -0.05) is 69.3 Å². The van der Waals surface area contributed by atoms with Gasteiger partial charge in [-0.15, -0.1) is 21.5 Å². The van der Waals surface area contributed by atoms with Crippen molar-refractivity contribution < 1.29 is 24.6 Å². The van der Waals surface area contributed by atoms with Gasteiger partial charge in [0, 0.05) is 81.4 Å². The van der Waals surface area contributed by atoms with Crippen LogP contribution in [0, 0.1) is 12.3 Å². The fraction of sp³-hybridized carbons (Fsp3) is 0.418. The van der Waals surface area contributed by atoms with Gasteiger partial charge in [0.1, 0.15) is 17.8 Å². The zero-order valence-corrected chi connectivity index (χ0v) is 42.6. The number of anilines is 4. The smallest absolute Gasteiger partial charge is 0.246 e. The lowest BCUT2D eigenvalue weighted by Crippen LogP contribution is -2.58. The van der Waals surface area contributed by atoms with Crippen molar-refractivity contribution >= 4 is 52.2 Å². The molecule has 10 rings (SSSR count). The molecule has 6 aromatic rings. The van der Waals surface area contributed by atoms with Crippen LogP contribution in [-0.4, -0.2) is 121 Å². The first-order valence-corrected chi connectivity index (χ1v) is 26.2. The molecule has 2 unspecified atom stereocenters. The van der Waals surface area contributed by atoms with Gasteiger partial charge in [0.25, 0.3) is 0 Å². The van der Waals surface area contributed by atoms with Crippen molar-refractivity contribution in [1.29, 1.82) is 0 Å². The van der Waals surface area contributed by atoms with Gasteiger partial charge in [0.2, 0.25) is 23.7 Å². The number of aromatic nitrogens is 5. The lowest BCUT2D eigenvalue weighted by atomic mass is 9.85. The molecule has 5 atom stereocenters. The highest BCUT2D eigenvalue weighted by Crippen LogP contribution is 2.39. The van der Waals surface area contributed by atoms with Gasteiger partial charge in [-0.2, -0.15) is 0 Å². The zero-order chi connectivity index (χ0) is 51.0. The van der Waals surface area contributed by atoms with Gasteiger partial charge in [-0.25, -0.2) is 15.0 Å². The lowest BCUT2D eigenvalue weighted by molar-refractivity contribution is -0.144. The number of hydrogen-bond donors (Lipinski definition) is 5. The number of aromatic hydroxyl groups is 1. The summed E-state index contributed by atoms with van der Waals surface area (Å²) in [6.07, 6.45) is 7.34. The van der Waals surface area contributed by atoms with Crippen LogP contribution in [0.15, 0.2) is 96.8 Å². The number of nitrogens with one attached hydrogen (secondary N) is 2. The normalized spacial score (nSPS) is 20.6. The Hall–Kier alpha value is -7.18. The molecule has 380 valence electrons. The maximum Gasteiger partial charge on any atom is 0.246 e. The summed E-state index contributed by atoms with van der Waals surface area (Å²) in [7, 11) is 0. The van der Waals surface area contributed by atoms with Gasteiger partial charge in [-0.3, -0.25) is 14.4 Å². The summed E-state index contributed by atoms with van der Waals surface area (Å²) in [6.45, 7) is 11.2. The number of nitrogens with two attached hydrogens (primary N) is 1. The van der Waals surface area contributed by atoms with E-state index >= 15 is 0 Å². The Morgan fingerprint density at radius 1 is 0.849 bits per heavy atom. The van der Waals surface area contributed by atoms with Crippen molar-refractivity contribution in [1.82, 2.24) is 40.7 Å². The Morgan fingerprint density at radius 3 is 2.19 bits per heavy atom. The molecule has 73 heavy (non-hydrogen) atoms. The summed E-state index contributed by atoms with van der Waals surface area (Å²) < 4.78 is 0. The van der Waals surface area contributed by atoms with Crippen LogP contribution in [0.5, 0.6) is 5.75 Å². The van der Waals surface area contributed by atoms with E-state index in [4.69, 9.17) is 15.7 Å². The summed E-state index contributed by atoms with van der Waals surface area (Å²) in [4.78, 5) is 65.2. The molecule has 17 nitrogen and oxygen atoms in total. The summed E-state index contributed by atoms with van der Waals surface area (Å²) >= 11 is 1.58. The Labute approximate surface area is 429 Å². The van der Waals surface area contributed by atoms with Crippen LogP contribution in [0.4, 0.5) is 23.1 Å². The summed E-state index contributed by atoms with van der Waals surface area (Å²) in [5.74, 6) is 0.591. The van der Waals surface area contributed by atoms with E-state index in [1.165, 1.54) is 4.90 Å². The number of β-amino-alcohol motifs (C(OH)–C–C–N with tert-alkyl or cyclic N) is 1. The van der Waals surface area contributed by atoms with Gasteiger partial charge < -0.3 is 46.2 Å². The number of amides is 3. The first kappa shape index (κ1) is 49.4. The number of likely N-dealkylation sites (tertiary alicyclic amines) is 1. The SMILES string of the molecule is Cc1ncsc1-c1ccc(CNC(=O)[C@@H]2C[C@@H](O)CN2C(=O)[C@@H](NC(=O)Cc2ccc(N3CCC(c4cnc(N5C6CCC5CN(c5cc(-c7ccccc7O)nnc5N)C6)nc4)CC3)cc2)C(C)(C)C)cc1. The van der Waals surface area contributed by atoms with Crippen LogP contribution in [0.2, 0.25) is 0 Å². The van der Waals surface area contributed by atoms with Crippen molar-refractivity contribution in [3.63, 3.8) is 0 Å². The maximum atomic E-state index is 14.2. The number of piperidine rings is 1. The van der Waals surface area contributed by atoms with Crippen LogP contribution < -0.4 is 31.1 Å². The number of carbonyl (C=O) groups excluding carboxylic acids is 3. The number of hydrogen-bond acceptors (Lipinski definition) is 15. The van der Waals surface area contributed by atoms with Gasteiger partial charge >= 0.3 is 0 Å². The minimum atomic E-state index is -0.916. The largest absolute Gasteiger partial charge is 0.507 e. The standard InChI is InChI=1S/C55H64N12O5S/c1-33-49(73-32-60-33)37-13-9-35(10-14-37)26-57-52(71)46-24-42(68)31-66(46)53(72)50(55(2,3)4)61-48(70)23-34-11-15-39(16-12-34)64-21-19-36(20-22-64)38-27-58-54(59-28-38)67-40-17-18-41(67)30-65(29-40)45-25-44(62-63-51(45)56)43-7-5-6-8-47(43)69/h5-16,25,27-28,32,36,40-42,46,50,68-69H,17-24,26,29-31H2,1-4H3,(H2,56,63)(H,57,71)(H,61,70)/t40?,41?,42-,46+,50-/m1/s1. The van der Waals surface area contributed by atoms with Crippen molar-refractivity contribution in [2.45, 2.75) is 109 Å². The molecule has 0 radical (unpaired) electrons. The third kappa shape index (κ3) is 10.7. The number of phenols is 1. The number of fused-ring (bicyclic) bond motifs is 2. The number of para-hydroxylation sites is 1. The number of thiazole rings is 1. The van der Waals surface area contributed by atoms with E-state index in [9.17, 15) is 24.6 Å². The molecule has 3 amide bonds. The third-order valence-electron chi connectivity index (χ3n) is 15.0. The molecule has 4 saturated heterocycles. The predicted molar refractivity (Wildman–Crippen MR) is 283 cm³/mol. The van der Waals surface area contributed by atoms with Crippen LogP contribution in [0.25, 0.3) is 21.7 Å². The highest BCUT2D eigenvalue weighted by molar-refractivity contribution is 7.13. The molecule has 7 heterocycles. The second-order valence-electron chi connectivity index (χ2n) is 21.1. The second-order valence-corrected chi connectivity index (χ2v) is 21.9. The molecule has 3 aromatic heterocycles. The van der Waals surface area contributed by atoms with E-state index in [0.29, 0.717) is 23.0 Å². The molecule has 6 N–H and O–H groups in total. The second kappa shape index (κ2) is 20.7. The molecule has 4 fully saturated rings. The van der Waals surface area contributed by atoms with Crippen LogP contribution >= 0.6 is 11.3 Å². The average molecular weight is 1010 g/mol. The number of phenolic OH excluding ortho intramolecular Hbond substituents is 1. The fourth-order valence-electron chi connectivity index (χ4n) is 11.0. The first-order valence-electron chi connectivity index (χ1n) is 25.3. The van der Waals surface area contributed by atoms with E-state index in [1.54, 1.807) is 23.5 Å². The molecule has 18 heteroatoms. The average Bonchev–Trinajstić information content (AvgIpc) is 4.08. The molecule has 4 aliphatic rings. The van der Waals surface area contributed by atoms with Gasteiger partial charge in [0.15, 0.2) is 5.82 Å². The van der Waals surface area contributed by atoms with Crippen LogP contribution in [-0.2, 0) is 27.3 Å². The third-order valence-corrected chi connectivity index (χ3v) is 16.0. The highest BCUT2D eigenvalue weighted by Gasteiger charge is 2.45. The number of piperazine rings is 1. The number of benzene rings is 3. The zero-order valence-electron chi connectivity index (χ0n) is 41.8. The van der Waals surface area contributed by atoms with Gasteiger partial charge in [0.05, 0.1) is 40.0 Å². The van der Waals surface area contributed by atoms with E-state index in [1.807, 2.05) is 100 Å². The molecule has 0 aliphatic carbocycles. The van der Waals surface area contributed by atoms with Crippen molar-refractivity contribution in [2.75, 3.05) is 53.2 Å². The molecule has 0 saturated carbocycles. The number of nitrogen functional groups attached to an aromatic ring is 1. The molecule has 3 aromatic carbocycles. The van der Waals surface area contributed by atoms with E-state index < -0.39 is 29.5 Å². The van der Waals surface area contributed by atoms with Crippen molar-refractivity contribution in [3.05, 3.63) is 119 Å². The van der Waals surface area contributed by atoms with Gasteiger partial charge in [-0.05, 0) is 96.5 Å². The summed E-state index contributed by atoms with van der Waals surface area (Å²) in [5.41, 5.74) is 15.5. The van der Waals surface area contributed by atoms with Crippen molar-refractivity contribution in [3.8, 4) is 27.4 Å². The molecule has 2 bridgehead atoms. The topological polar surface area (TPSA) is 219 Å². The summed E-state index contributed by atoms with van der Waals surface area (Å²) in [5, 5.41) is 35.6. The number of aliphatic hydroxyl groups is 1. The number of nitrogens with zero attached hydrogens (tertiary/aromatic N) is 9. The molecule has 4 aliphatic heterocycles.